The number of ketones is 1. The number of aryl methyl sites for hydroxylation is 1. The largest absolute Gasteiger partial charge is 0.497 e. The van der Waals surface area contributed by atoms with Gasteiger partial charge in [-0.1, -0.05) is 30.3 Å². The van der Waals surface area contributed by atoms with E-state index >= 15 is 0 Å². The van der Waals surface area contributed by atoms with E-state index in [9.17, 15) is 4.79 Å². The maximum atomic E-state index is 12.5. The molecule has 0 spiro atoms. The lowest BCUT2D eigenvalue weighted by atomic mass is 9.76. The highest BCUT2D eigenvalue weighted by molar-refractivity contribution is 7.99. The summed E-state index contributed by atoms with van der Waals surface area (Å²) in [6.07, 6.45) is 5.13. The minimum absolute atomic E-state index is 0.206. The summed E-state index contributed by atoms with van der Waals surface area (Å²) >= 11 is 1.82. The Hall–Kier alpha value is -1.74. The first-order valence-corrected chi connectivity index (χ1v) is 10.1. The van der Waals surface area contributed by atoms with Crippen LogP contribution in [0.1, 0.15) is 31.2 Å². The normalized spacial score (nSPS) is 20.4. The Balaban J connectivity index is 1.58. The minimum Gasteiger partial charge on any atom is -0.497 e. The molecule has 0 unspecified atom stereocenters. The van der Waals surface area contributed by atoms with E-state index in [-0.39, 0.29) is 5.92 Å². The van der Waals surface area contributed by atoms with E-state index in [1.807, 2.05) is 30.0 Å². The van der Waals surface area contributed by atoms with Gasteiger partial charge in [0.05, 0.1) is 7.11 Å². The van der Waals surface area contributed by atoms with Crippen molar-refractivity contribution in [1.82, 2.24) is 0 Å². The van der Waals surface area contributed by atoms with Crippen LogP contribution in [0.25, 0.3) is 0 Å². The van der Waals surface area contributed by atoms with Crippen molar-refractivity contribution in [2.24, 2.45) is 11.8 Å². The summed E-state index contributed by atoms with van der Waals surface area (Å²) in [5, 5.41) is 0. The van der Waals surface area contributed by atoms with Crippen molar-refractivity contribution in [3.05, 3.63) is 60.2 Å². The molecule has 2 atom stereocenters. The number of hydrogen-bond donors (Lipinski definition) is 0. The molecule has 1 aliphatic rings. The second-order valence-electron chi connectivity index (χ2n) is 6.74. The van der Waals surface area contributed by atoms with Crippen molar-refractivity contribution in [3.8, 4) is 5.75 Å². The van der Waals surface area contributed by atoms with Gasteiger partial charge in [-0.2, -0.15) is 0 Å². The van der Waals surface area contributed by atoms with Crippen LogP contribution in [0.2, 0.25) is 0 Å². The highest BCUT2D eigenvalue weighted by Gasteiger charge is 2.31. The fourth-order valence-electron chi connectivity index (χ4n) is 3.61. The molecule has 0 aliphatic heterocycles. The maximum absolute atomic E-state index is 12.5. The SMILES string of the molecule is COc1ccc(CC[C@H]2CCCC(=O)[C@@H]2CSc2ccccc2)cc1. The van der Waals surface area contributed by atoms with Gasteiger partial charge in [0.15, 0.2) is 0 Å². The Morgan fingerprint density at radius 1 is 1.08 bits per heavy atom. The number of Topliss-reactive ketones (excluding diaryl/α,β-unsaturated/α-hetero) is 1. The van der Waals surface area contributed by atoms with E-state index in [1.54, 1.807) is 7.11 Å². The predicted octanol–water partition coefficient (Wildman–Crippen LogP) is 5.41. The van der Waals surface area contributed by atoms with Crippen LogP contribution in [0.15, 0.2) is 59.5 Å². The average Bonchev–Trinajstić information content (AvgIpc) is 2.67. The molecule has 0 N–H and O–H groups in total. The summed E-state index contributed by atoms with van der Waals surface area (Å²) in [6.45, 7) is 0. The zero-order valence-corrected chi connectivity index (χ0v) is 15.6. The third kappa shape index (κ3) is 5.12. The fourth-order valence-corrected chi connectivity index (χ4v) is 4.79. The highest BCUT2D eigenvalue weighted by atomic mass is 32.2. The number of rotatable bonds is 7. The van der Waals surface area contributed by atoms with Crippen molar-refractivity contribution >= 4 is 17.5 Å². The predicted molar refractivity (Wildman–Crippen MR) is 104 cm³/mol. The fraction of sp³-hybridized carbons (Fsp3) is 0.409. The lowest BCUT2D eigenvalue weighted by Gasteiger charge is -2.30. The van der Waals surface area contributed by atoms with Crippen molar-refractivity contribution < 1.29 is 9.53 Å². The van der Waals surface area contributed by atoms with Gasteiger partial charge in [0.1, 0.15) is 11.5 Å². The molecular weight excluding hydrogens is 328 g/mol. The lowest BCUT2D eigenvalue weighted by molar-refractivity contribution is -0.125. The Morgan fingerprint density at radius 3 is 2.56 bits per heavy atom. The van der Waals surface area contributed by atoms with Crippen LogP contribution in [-0.2, 0) is 11.2 Å². The Labute approximate surface area is 155 Å². The minimum atomic E-state index is 0.206. The molecule has 0 heterocycles. The summed E-state index contributed by atoms with van der Waals surface area (Å²) in [5.74, 6) is 3.00. The van der Waals surface area contributed by atoms with E-state index in [4.69, 9.17) is 4.74 Å². The summed E-state index contributed by atoms with van der Waals surface area (Å²) < 4.78 is 5.22. The molecular formula is C22H26O2S. The van der Waals surface area contributed by atoms with Gasteiger partial charge in [-0.3, -0.25) is 4.79 Å². The monoisotopic (exact) mass is 354 g/mol. The van der Waals surface area contributed by atoms with Crippen LogP contribution in [0.5, 0.6) is 5.75 Å². The number of methoxy groups -OCH3 is 1. The molecule has 2 aromatic carbocycles. The number of benzene rings is 2. The van der Waals surface area contributed by atoms with Gasteiger partial charge in [0.2, 0.25) is 0 Å². The van der Waals surface area contributed by atoms with Crippen LogP contribution in [0, 0.1) is 11.8 Å². The highest BCUT2D eigenvalue weighted by Crippen LogP contribution is 2.35. The summed E-state index contributed by atoms with van der Waals surface area (Å²) in [7, 11) is 1.69. The van der Waals surface area contributed by atoms with Crippen LogP contribution in [0.4, 0.5) is 0 Å². The molecule has 2 aromatic rings. The van der Waals surface area contributed by atoms with E-state index in [1.165, 1.54) is 16.9 Å². The average molecular weight is 355 g/mol. The van der Waals surface area contributed by atoms with E-state index < -0.39 is 0 Å². The molecule has 0 amide bonds. The molecule has 0 bridgehead atoms. The second kappa shape index (κ2) is 9.10. The third-order valence-electron chi connectivity index (χ3n) is 5.12. The number of hydrogen-bond acceptors (Lipinski definition) is 3. The van der Waals surface area contributed by atoms with Crippen LogP contribution in [-0.4, -0.2) is 18.6 Å². The first kappa shape index (κ1) is 18.1. The summed E-state index contributed by atoms with van der Waals surface area (Å²) in [4.78, 5) is 13.7. The van der Waals surface area contributed by atoms with Gasteiger partial charge in [0.25, 0.3) is 0 Å². The number of ether oxygens (including phenoxy) is 1. The topological polar surface area (TPSA) is 26.3 Å². The van der Waals surface area contributed by atoms with Crippen LogP contribution < -0.4 is 4.74 Å². The molecule has 132 valence electrons. The Morgan fingerprint density at radius 2 is 1.84 bits per heavy atom. The zero-order chi connectivity index (χ0) is 17.5. The van der Waals surface area contributed by atoms with Crippen molar-refractivity contribution in [3.63, 3.8) is 0 Å². The van der Waals surface area contributed by atoms with Gasteiger partial charge in [0, 0.05) is 23.0 Å². The molecule has 1 fully saturated rings. The molecule has 2 nitrogen and oxygen atoms in total. The maximum Gasteiger partial charge on any atom is 0.137 e. The Kier molecular flexibility index (Phi) is 6.57. The van der Waals surface area contributed by atoms with E-state index in [0.717, 1.165) is 37.2 Å². The smallest absolute Gasteiger partial charge is 0.137 e. The number of thioether (sulfide) groups is 1. The molecule has 1 aliphatic carbocycles. The van der Waals surface area contributed by atoms with Crippen LogP contribution >= 0.6 is 11.8 Å². The zero-order valence-electron chi connectivity index (χ0n) is 14.8. The van der Waals surface area contributed by atoms with E-state index in [0.29, 0.717) is 11.7 Å². The second-order valence-corrected chi connectivity index (χ2v) is 7.83. The first-order valence-electron chi connectivity index (χ1n) is 9.10. The van der Waals surface area contributed by atoms with Crippen LogP contribution in [0.3, 0.4) is 0 Å². The standard InChI is InChI=1S/C22H26O2S/c1-24-19-14-11-17(12-15-19)10-13-18-6-5-9-22(23)21(18)16-25-20-7-3-2-4-8-20/h2-4,7-8,11-12,14-15,18,21H,5-6,9-10,13,16H2,1H3/t18-,21-/m1/s1. The molecule has 0 radical (unpaired) electrons. The number of carbonyl (C=O) groups is 1. The summed E-state index contributed by atoms with van der Waals surface area (Å²) in [5.41, 5.74) is 1.33. The molecule has 0 aromatic heterocycles. The first-order chi connectivity index (χ1) is 12.3. The van der Waals surface area contributed by atoms with Crippen molar-refractivity contribution in [1.29, 1.82) is 0 Å². The third-order valence-corrected chi connectivity index (χ3v) is 6.25. The molecule has 25 heavy (non-hydrogen) atoms. The van der Waals surface area contributed by atoms with E-state index in [2.05, 4.69) is 36.4 Å². The van der Waals surface area contributed by atoms with Gasteiger partial charge >= 0.3 is 0 Å². The van der Waals surface area contributed by atoms with Gasteiger partial charge in [-0.05, 0) is 61.4 Å². The lowest BCUT2D eigenvalue weighted by Crippen LogP contribution is -2.30. The molecule has 0 saturated heterocycles. The quantitative estimate of drug-likeness (QED) is 0.622. The van der Waals surface area contributed by atoms with Crippen molar-refractivity contribution in [2.45, 2.75) is 37.0 Å². The van der Waals surface area contributed by atoms with Crippen molar-refractivity contribution in [2.75, 3.05) is 12.9 Å². The Bertz CT molecular complexity index is 666. The van der Waals surface area contributed by atoms with Gasteiger partial charge < -0.3 is 4.74 Å². The molecule has 1 saturated carbocycles. The summed E-state index contributed by atoms with van der Waals surface area (Å²) in [6, 6.07) is 18.7. The van der Waals surface area contributed by atoms with Gasteiger partial charge in [-0.25, -0.2) is 0 Å². The number of carbonyl (C=O) groups excluding carboxylic acids is 1. The van der Waals surface area contributed by atoms with Gasteiger partial charge in [-0.15, -0.1) is 11.8 Å². The molecule has 3 heteroatoms. The molecule has 3 rings (SSSR count).